The maximum Gasteiger partial charge on any atom is 0.196 e. The topological polar surface area (TPSA) is 72.0 Å². The molecule has 0 saturated carbocycles. The Labute approximate surface area is 84.4 Å². The highest BCUT2D eigenvalue weighted by molar-refractivity contribution is 6.03. The molecule has 15 heavy (non-hydrogen) atoms. The number of nitrogens with zero attached hydrogens (tertiary/aromatic N) is 3. The molecule has 0 aliphatic rings. The summed E-state index contributed by atoms with van der Waals surface area (Å²) in [6, 6.07) is 3.32. The molecule has 3 aromatic rings. The highest BCUT2D eigenvalue weighted by Crippen LogP contribution is 2.30. The normalized spacial score (nSPS) is 11.3. The van der Waals surface area contributed by atoms with Crippen LogP contribution in [0, 0.1) is 6.92 Å². The van der Waals surface area contributed by atoms with Gasteiger partial charge in [0.1, 0.15) is 17.6 Å². The van der Waals surface area contributed by atoms with Crippen LogP contribution in [0.15, 0.2) is 23.0 Å². The Kier molecular flexibility index (Phi) is 1.45. The van der Waals surface area contributed by atoms with Gasteiger partial charge in [0.2, 0.25) is 0 Å². The van der Waals surface area contributed by atoms with Gasteiger partial charge in [-0.3, -0.25) is 0 Å². The van der Waals surface area contributed by atoms with Gasteiger partial charge in [0.25, 0.3) is 0 Å². The first kappa shape index (κ1) is 8.16. The maximum atomic E-state index is 9.76. The number of phenols is 1. The number of benzene rings is 1. The standard InChI is InChI=1S/C10H7N3O2/c1-5-2-6-8(14)3-7-9(12-4-11-7)10(6)15-13-5/h2-4,14H,1H3. The van der Waals surface area contributed by atoms with E-state index >= 15 is 0 Å². The summed E-state index contributed by atoms with van der Waals surface area (Å²) in [5.41, 5.74) is 2.40. The van der Waals surface area contributed by atoms with E-state index in [0.717, 1.165) is 0 Å². The third-order valence-corrected chi connectivity index (χ3v) is 2.27. The van der Waals surface area contributed by atoms with Crippen molar-refractivity contribution in [2.75, 3.05) is 0 Å². The molecule has 0 spiro atoms. The minimum atomic E-state index is 0.132. The number of aryl methyl sites for hydroxylation is 1. The number of aromatic nitrogens is 3. The quantitative estimate of drug-likeness (QED) is 0.600. The zero-order chi connectivity index (χ0) is 10.4. The molecule has 3 rings (SSSR count). The van der Waals surface area contributed by atoms with Crippen LogP contribution in [0.3, 0.4) is 0 Å². The summed E-state index contributed by atoms with van der Waals surface area (Å²) in [5, 5.41) is 14.2. The molecule has 0 fully saturated rings. The van der Waals surface area contributed by atoms with Crippen molar-refractivity contribution < 1.29 is 9.63 Å². The van der Waals surface area contributed by atoms with Crippen LogP contribution in [-0.2, 0) is 0 Å². The Balaban J connectivity index is 2.61. The second kappa shape index (κ2) is 2.66. The number of hydrogen-bond acceptors (Lipinski definition) is 5. The Morgan fingerprint density at radius 3 is 3.00 bits per heavy atom. The largest absolute Gasteiger partial charge is 0.507 e. The minimum Gasteiger partial charge on any atom is -0.507 e. The van der Waals surface area contributed by atoms with E-state index in [2.05, 4.69) is 15.1 Å². The van der Waals surface area contributed by atoms with Gasteiger partial charge in [-0.1, -0.05) is 5.16 Å². The van der Waals surface area contributed by atoms with E-state index in [9.17, 15) is 5.11 Å². The van der Waals surface area contributed by atoms with E-state index in [1.165, 1.54) is 6.33 Å². The summed E-state index contributed by atoms with van der Waals surface area (Å²) >= 11 is 0. The Hall–Kier alpha value is -2.17. The smallest absolute Gasteiger partial charge is 0.196 e. The van der Waals surface area contributed by atoms with Gasteiger partial charge in [0.15, 0.2) is 5.58 Å². The number of imidazole rings is 1. The molecule has 0 unspecified atom stereocenters. The van der Waals surface area contributed by atoms with E-state index in [1.807, 2.05) is 0 Å². The van der Waals surface area contributed by atoms with Crippen molar-refractivity contribution in [2.24, 2.45) is 0 Å². The van der Waals surface area contributed by atoms with Crippen LogP contribution in [-0.4, -0.2) is 20.2 Å². The molecule has 0 bridgehead atoms. The van der Waals surface area contributed by atoms with Crippen LogP contribution in [0.1, 0.15) is 5.69 Å². The third kappa shape index (κ3) is 1.06. The molecule has 0 amide bonds. The Morgan fingerprint density at radius 1 is 1.27 bits per heavy atom. The second-order valence-corrected chi connectivity index (χ2v) is 3.35. The van der Waals surface area contributed by atoms with Gasteiger partial charge in [-0.25, -0.2) is 9.97 Å². The first-order valence-electron chi connectivity index (χ1n) is 4.45. The lowest BCUT2D eigenvalue weighted by Gasteiger charge is -2.00. The molecule has 1 N–H and O–H groups in total. The Morgan fingerprint density at radius 2 is 2.13 bits per heavy atom. The van der Waals surface area contributed by atoms with Gasteiger partial charge in [0.05, 0.1) is 16.6 Å². The van der Waals surface area contributed by atoms with Gasteiger partial charge in [-0.15, -0.1) is 0 Å². The molecule has 5 nitrogen and oxygen atoms in total. The lowest BCUT2D eigenvalue weighted by molar-refractivity contribution is 0.432. The molecule has 0 atom stereocenters. The van der Waals surface area contributed by atoms with Crippen molar-refractivity contribution >= 4 is 22.0 Å². The van der Waals surface area contributed by atoms with Crippen LogP contribution in [0.4, 0.5) is 0 Å². The average molecular weight is 201 g/mol. The molecule has 0 aliphatic carbocycles. The van der Waals surface area contributed by atoms with Crippen LogP contribution in [0.5, 0.6) is 5.75 Å². The fourth-order valence-corrected chi connectivity index (χ4v) is 1.59. The lowest BCUT2D eigenvalue weighted by atomic mass is 10.2. The van der Waals surface area contributed by atoms with E-state index in [0.29, 0.717) is 27.7 Å². The monoisotopic (exact) mass is 201 g/mol. The van der Waals surface area contributed by atoms with Crippen molar-refractivity contribution in [3.8, 4) is 5.75 Å². The van der Waals surface area contributed by atoms with Crippen molar-refractivity contribution in [3.05, 3.63) is 24.2 Å². The van der Waals surface area contributed by atoms with Gasteiger partial charge in [0, 0.05) is 6.07 Å². The number of phenolic OH excluding ortho intramolecular Hbond substituents is 1. The highest BCUT2D eigenvalue weighted by Gasteiger charge is 2.11. The average Bonchev–Trinajstić information content (AvgIpc) is 2.66. The van der Waals surface area contributed by atoms with Crippen molar-refractivity contribution in [3.63, 3.8) is 0 Å². The number of hydrogen-bond donors (Lipinski definition) is 1. The molecule has 0 saturated heterocycles. The van der Waals surface area contributed by atoms with Gasteiger partial charge in [-0.2, -0.15) is 0 Å². The Bertz CT molecular complexity index is 660. The summed E-state index contributed by atoms with van der Waals surface area (Å²) in [6.45, 7) is 1.79. The SMILES string of the molecule is Cc1cc2c(O)cc3ncnc3c2on1. The summed E-state index contributed by atoms with van der Waals surface area (Å²) < 4.78 is 5.18. The van der Waals surface area contributed by atoms with Gasteiger partial charge < -0.3 is 9.63 Å². The first-order chi connectivity index (χ1) is 7.25. The molecule has 1 aromatic carbocycles. The molecule has 5 heteroatoms. The second-order valence-electron chi connectivity index (χ2n) is 3.35. The lowest BCUT2D eigenvalue weighted by Crippen LogP contribution is -1.83. The number of rotatable bonds is 0. The number of aromatic hydroxyl groups is 1. The highest BCUT2D eigenvalue weighted by atomic mass is 16.5. The predicted molar refractivity (Wildman–Crippen MR) is 53.5 cm³/mol. The summed E-state index contributed by atoms with van der Waals surface area (Å²) in [7, 11) is 0. The fourth-order valence-electron chi connectivity index (χ4n) is 1.59. The summed E-state index contributed by atoms with van der Waals surface area (Å²) in [5.74, 6) is 0.132. The molecular weight excluding hydrogens is 194 g/mol. The van der Waals surface area contributed by atoms with E-state index < -0.39 is 0 Å². The summed E-state index contributed by atoms with van der Waals surface area (Å²) in [4.78, 5) is 8.05. The minimum absolute atomic E-state index is 0.132. The van der Waals surface area contributed by atoms with Crippen LogP contribution < -0.4 is 0 Å². The van der Waals surface area contributed by atoms with Crippen LogP contribution in [0.2, 0.25) is 0 Å². The molecule has 2 aromatic heterocycles. The van der Waals surface area contributed by atoms with E-state index in [4.69, 9.17) is 4.52 Å². The molecule has 0 radical (unpaired) electrons. The first-order valence-corrected chi connectivity index (χ1v) is 4.45. The van der Waals surface area contributed by atoms with E-state index in [1.54, 1.807) is 19.1 Å². The van der Waals surface area contributed by atoms with Crippen molar-refractivity contribution in [1.82, 2.24) is 15.1 Å². The molecule has 0 aliphatic heterocycles. The molecule has 2 heterocycles. The summed E-state index contributed by atoms with van der Waals surface area (Å²) in [6.07, 6.45) is 1.43. The third-order valence-electron chi connectivity index (χ3n) is 2.27. The predicted octanol–water partition coefficient (Wildman–Crippen LogP) is 1.79. The molecule has 74 valence electrons. The zero-order valence-corrected chi connectivity index (χ0v) is 7.93. The maximum absolute atomic E-state index is 9.76. The van der Waals surface area contributed by atoms with Crippen LogP contribution >= 0.6 is 0 Å². The number of fused-ring (bicyclic) bond motifs is 3. The van der Waals surface area contributed by atoms with Crippen molar-refractivity contribution in [2.45, 2.75) is 6.92 Å². The van der Waals surface area contributed by atoms with Gasteiger partial charge in [-0.05, 0) is 13.0 Å². The van der Waals surface area contributed by atoms with E-state index in [-0.39, 0.29) is 5.75 Å². The van der Waals surface area contributed by atoms with Crippen molar-refractivity contribution in [1.29, 1.82) is 0 Å². The van der Waals surface area contributed by atoms with Gasteiger partial charge >= 0.3 is 0 Å². The zero-order valence-electron chi connectivity index (χ0n) is 7.93. The van der Waals surface area contributed by atoms with Crippen LogP contribution in [0.25, 0.3) is 22.0 Å². The fraction of sp³-hybridized carbons (Fsp3) is 0.100. The molecular formula is C10H7N3O2.